The number of thiophene rings is 1. The first-order valence-corrected chi connectivity index (χ1v) is 10.7. The Bertz CT molecular complexity index is 930. The van der Waals surface area contributed by atoms with E-state index in [2.05, 4.69) is 38.2 Å². The van der Waals surface area contributed by atoms with Gasteiger partial charge in [0, 0.05) is 11.4 Å². The number of hydrogen-bond acceptors (Lipinski definition) is 5. The van der Waals surface area contributed by atoms with Crippen molar-refractivity contribution in [2.45, 2.75) is 18.9 Å². The highest BCUT2D eigenvalue weighted by Crippen LogP contribution is 2.37. The van der Waals surface area contributed by atoms with Gasteiger partial charge in [0.2, 0.25) is 0 Å². The number of fused-ring (bicyclic) bond motifs is 3. The van der Waals surface area contributed by atoms with E-state index in [0.29, 0.717) is 11.8 Å². The summed E-state index contributed by atoms with van der Waals surface area (Å²) in [6.07, 6.45) is 4.65. The molecule has 0 radical (unpaired) electrons. The normalized spacial score (nSPS) is 23.8. The number of piperidine rings is 3. The fourth-order valence-electron chi connectivity index (χ4n) is 4.29. The van der Waals surface area contributed by atoms with Gasteiger partial charge in [-0.2, -0.15) is 0 Å². The monoisotopic (exact) mass is 398 g/mol. The Morgan fingerprint density at radius 3 is 2.57 bits per heavy atom. The largest absolute Gasteiger partial charge is 0.491 e. The highest BCUT2D eigenvalue weighted by molar-refractivity contribution is 7.18. The molecule has 1 aromatic carbocycles. The molecule has 3 aliphatic rings. The number of benzene rings is 1. The molecule has 3 saturated heterocycles. The quantitative estimate of drug-likeness (QED) is 0.621. The maximum Gasteiger partial charge on any atom is 0.123 e. The van der Waals surface area contributed by atoms with E-state index in [9.17, 15) is 4.39 Å². The molecule has 3 aliphatic heterocycles. The Hall–Kier alpha value is -2.25. The molecule has 6 rings (SSSR count). The first kappa shape index (κ1) is 17.8. The van der Waals surface area contributed by atoms with Gasteiger partial charge >= 0.3 is 0 Å². The predicted molar refractivity (Wildman–Crippen MR) is 108 cm³/mol. The van der Waals surface area contributed by atoms with E-state index in [4.69, 9.17) is 4.74 Å². The van der Waals surface area contributed by atoms with Crippen LogP contribution in [0.2, 0.25) is 0 Å². The van der Waals surface area contributed by atoms with Crippen molar-refractivity contribution in [3.63, 3.8) is 0 Å². The van der Waals surface area contributed by atoms with Crippen LogP contribution in [0.25, 0.3) is 21.0 Å². The Balaban J connectivity index is 1.32. The van der Waals surface area contributed by atoms with Gasteiger partial charge in [-0.25, -0.2) is 9.07 Å². The van der Waals surface area contributed by atoms with Crippen LogP contribution in [0.1, 0.15) is 18.9 Å². The molecule has 3 fully saturated rings. The zero-order valence-corrected chi connectivity index (χ0v) is 16.4. The first-order valence-electron chi connectivity index (χ1n) is 9.84. The average Bonchev–Trinajstić information content (AvgIpc) is 3.43. The van der Waals surface area contributed by atoms with Crippen LogP contribution in [0.3, 0.4) is 0 Å². The molecule has 0 aliphatic carbocycles. The van der Waals surface area contributed by atoms with Gasteiger partial charge in [0.05, 0.1) is 17.1 Å². The van der Waals surface area contributed by atoms with Crippen LogP contribution in [-0.4, -0.2) is 52.8 Å². The standard InChI is InChI=1S/C21H23FN4OS/c22-9-12-27-17-3-1-16(2-4-17)20-5-6-21(28-20)18-13-26(24-23-18)19-14-25-10-7-15(19)8-11-25/h1-6,13,15,19H,7-12,14H2/t19-/m0/s1. The Kier molecular flexibility index (Phi) is 4.86. The number of hydrogen-bond donors (Lipinski definition) is 0. The summed E-state index contributed by atoms with van der Waals surface area (Å²) in [7, 11) is 0. The second-order valence-electron chi connectivity index (χ2n) is 7.51. The summed E-state index contributed by atoms with van der Waals surface area (Å²) in [6, 6.07) is 12.5. The van der Waals surface area contributed by atoms with Gasteiger partial charge in [0.25, 0.3) is 0 Å². The van der Waals surface area contributed by atoms with Gasteiger partial charge in [-0.1, -0.05) is 5.21 Å². The van der Waals surface area contributed by atoms with Crippen LogP contribution in [0, 0.1) is 5.92 Å². The average molecular weight is 399 g/mol. The second kappa shape index (κ2) is 7.64. The van der Waals surface area contributed by atoms with Crippen LogP contribution < -0.4 is 4.74 Å². The highest BCUT2D eigenvalue weighted by atomic mass is 32.1. The Labute approximate surface area is 167 Å². The van der Waals surface area contributed by atoms with Gasteiger partial charge in [-0.3, -0.25) is 0 Å². The Morgan fingerprint density at radius 2 is 1.86 bits per heavy atom. The van der Waals surface area contributed by atoms with Crippen molar-refractivity contribution in [2.75, 3.05) is 32.9 Å². The van der Waals surface area contributed by atoms with E-state index >= 15 is 0 Å². The van der Waals surface area contributed by atoms with Gasteiger partial charge < -0.3 is 9.64 Å². The highest BCUT2D eigenvalue weighted by Gasteiger charge is 2.35. The van der Waals surface area contributed by atoms with Gasteiger partial charge in [-0.05, 0) is 73.8 Å². The SMILES string of the molecule is FCCOc1ccc(-c2ccc(-c3cn([C@H]4CN5CCC4CC5)nn3)s2)cc1. The molecule has 146 valence electrons. The molecule has 0 unspecified atom stereocenters. The van der Waals surface area contributed by atoms with Crippen LogP contribution >= 0.6 is 11.3 Å². The molecule has 5 heterocycles. The molecule has 0 spiro atoms. The van der Waals surface area contributed by atoms with E-state index in [1.54, 1.807) is 11.3 Å². The van der Waals surface area contributed by atoms with E-state index in [1.807, 2.05) is 24.3 Å². The van der Waals surface area contributed by atoms with Crippen molar-refractivity contribution < 1.29 is 9.13 Å². The number of nitrogens with zero attached hydrogens (tertiary/aromatic N) is 4. The number of aromatic nitrogens is 3. The molecular weight excluding hydrogens is 375 g/mol. The van der Waals surface area contributed by atoms with Gasteiger partial charge in [-0.15, -0.1) is 16.4 Å². The summed E-state index contributed by atoms with van der Waals surface area (Å²) < 4.78 is 19.6. The zero-order chi connectivity index (χ0) is 18.9. The van der Waals surface area contributed by atoms with E-state index < -0.39 is 6.67 Å². The molecule has 0 amide bonds. The minimum atomic E-state index is -0.476. The third kappa shape index (κ3) is 3.44. The number of rotatable bonds is 6. The fourth-order valence-corrected chi connectivity index (χ4v) is 5.25. The molecule has 28 heavy (non-hydrogen) atoms. The van der Waals surface area contributed by atoms with E-state index in [0.717, 1.165) is 28.6 Å². The molecular formula is C21H23FN4OS. The van der Waals surface area contributed by atoms with Crippen molar-refractivity contribution in [3.05, 3.63) is 42.6 Å². The maximum atomic E-state index is 12.2. The smallest absolute Gasteiger partial charge is 0.123 e. The van der Waals surface area contributed by atoms with Crippen molar-refractivity contribution in [1.29, 1.82) is 0 Å². The maximum absolute atomic E-state index is 12.2. The van der Waals surface area contributed by atoms with Crippen LogP contribution in [0.5, 0.6) is 5.75 Å². The zero-order valence-electron chi connectivity index (χ0n) is 15.6. The minimum Gasteiger partial charge on any atom is -0.491 e. The number of halogens is 1. The minimum absolute atomic E-state index is 0.0950. The number of ether oxygens (including phenoxy) is 1. The lowest BCUT2D eigenvalue weighted by molar-refractivity contribution is 0.0504. The van der Waals surface area contributed by atoms with Crippen LogP contribution in [-0.2, 0) is 0 Å². The lowest BCUT2D eigenvalue weighted by Crippen LogP contribution is -2.48. The fraction of sp³-hybridized carbons (Fsp3) is 0.429. The molecule has 5 nitrogen and oxygen atoms in total. The topological polar surface area (TPSA) is 43.2 Å². The summed E-state index contributed by atoms with van der Waals surface area (Å²) in [6.45, 7) is 3.18. The second-order valence-corrected chi connectivity index (χ2v) is 8.60. The predicted octanol–water partition coefficient (Wildman–Crippen LogP) is 4.29. The molecule has 0 saturated carbocycles. The summed E-state index contributed by atoms with van der Waals surface area (Å²) in [4.78, 5) is 4.83. The third-order valence-electron chi connectivity index (χ3n) is 5.81. The molecule has 0 N–H and O–H groups in total. The van der Waals surface area contributed by atoms with Crippen molar-refractivity contribution >= 4 is 11.3 Å². The van der Waals surface area contributed by atoms with Crippen LogP contribution in [0.4, 0.5) is 4.39 Å². The lowest BCUT2D eigenvalue weighted by atomic mass is 9.84. The van der Waals surface area contributed by atoms with E-state index in [-0.39, 0.29) is 6.61 Å². The Morgan fingerprint density at radius 1 is 1.07 bits per heavy atom. The summed E-state index contributed by atoms with van der Waals surface area (Å²) in [5.74, 6) is 1.43. The van der Waals surface area contributed by atoms with Crippen molar-refractivity contribution in [2.24, 2.45) is 5.92 Å². The summed E-state index contributed by atoms with van der Waals surface area (Å²) in [5, 5.41) is 8.91. The summed E-state index contributed by atoms with van der Waals surface area (Å²) in [5.41, 5.74) is 2.06. The molecule has 3 aromatic rings. The molecule has 2 bridgehead atoms. The molecule has 1 atom stereocenters. The lowest BCUT2D eigenvalue weighted by Gasteiger charge is -2.44. The molecule has 7 heteroatoms. The third-order valence-corrected chi connectivity index (χ3v) is 6.97. The summed E-state index contributed by atoms with van der Waals surface area (Å²) >= 11 is 1.71. The van der Waals surface area contributed by atoms with Gasteiger partial charge in [0.1, 0.15) is 24.7 Å². The van der Waals surface area contributed by atoms with Crippen molar-refractivity contribution in [3.8, 4) is 26.8 Å². The van der Waals surface area contributed by atoms with Crippen molar-refractivity contribution in [1.82, 2.24) is 19.9 Å². The van der Waals surface area contributed by atoms with E-state index in [1.165, 1.54) is 30.8 Å². The molecule has 2 aromatic heterocycles. The van der Waals surface area contributed by atoms with Crippen LogP contribution in [0.15, 0.2) is 42.6 Å². The number of alkyl halides is 1. The van der Waals surface area contributed by atoms with Gasteiger partial charge in [0.15, 0.2) is 0 Å². The first-order chi connectivity index (χ1) is 13.8.